The summed E-state index contributed by atoms with van der Waals surface area (Å²) in [6, 6.07) is 10.3. The van der Waals surface area contributed by atoms with E-state index >= 15 is 0 Å². The van der Waals surface area contributed by atoms with E-state index in [9.17, 15) is 0 Å². The van der Waals surface area contributed by atoms with E-state index in [0.29, 0.717) is 6.61 Å². The minimum atomic E-state index is -0.230. The Hall–Kier alpha value is -0.860. The van der Waals surface area contributed by atoms with Gasteiger partial charge in [0.2, 0.25) is 0 Å². The summed E-state index contributed by atoms with van der Waals surface area (Å²) in [5.41, 5.74) is 7.42. The van der Waals surface area contributed by atoms with E-state index in [0.717, 1.165) is 19.3 Å². The standard InChI is InChI=1S/C13H21NO/c1-3-9-13(14,10-11-15-2)12-7-5-4-6-8-12/h4-8H,3,9-11,14H2,1-2H3. The molecule has 0 amide bonds. The molecule has 0 heterocycles. The Balaban J connectivity index is 2.80. The van der Waals surface area contributed by atoms with Crippen LogP contribution < -0.4 is 5.73 Å². The highest BCUT2D eigenvalue weighted by Gasteiger charge is 2.25. The highest BCUT2D eigenvalue weighted by atomic mass is 16.5. The number of hydrogen-bond donors (Lipinski definition) is 1. The van der Waals surface area contributed by atoms with Crippen molar-refractivity contribution in [3.63, 3.8) is 0 Å². The summed E-state index contributed by atoms with van der Waals surface area (Å²) in [5.74, 6) is 0. The second-order valence-corrected chi connectivity index (χ2v) is 4.01. The molecule has 0 aromatic heterocycles. The van der Waals surface area contributed by atoms with Crippen LogP contribution in [0.2, 0.25) is 0 Å². The van der Waals surface area contributed by atoms with Crippen LogP contribution in [0.25, 0.3) is 0 Å². The zero-order chi connectivity index (χ0) is 11.1. The first-order chi connectivity index (χ1) is 7.23. The third kappa shape index (κ3) is 3.33. The van der Waals surface area contributed by atoms with Gasteiger partial charge in [0, 0.05) is 19.3 Å². The van der Waals surface area contributed by atoms with Gasteiger partial charge in [0.05, 0.1) is 0 Å². The molecule has 0 spiro atoms. The fraction of sp³-hybridized carbons (Fsp3) is 0.538. The monoisotopic (exact) mass is 207 g/mol. The second kappa shape index (κ2) is 5.89. The van der Waals surface area contributed by atoms with Crippen LogP contribution in [0.15, 0.2) is 30.3 Å². The first-order valence-electron chi connectivity index (χ1n) is 5.56. The Morgan fingerprint density at radius 2 is 1.87 bits per heavy atom. The molecule has 0 aliphatic heterocycles. The van der Waals surface area contributed by atoms with Gasteiger partial charge in [-0.3, -0.25) is 0 Å². The van der Waals surface area contributed by atoms with Crippen LogP contribution in [0.5, 0.6) is 0 Å². The summed E-state index contributed by atoms with van der Waals surface area (Å²) in [6.07, 6.45) is 2.97. The number of methoxy groups -OCH3 is 1. The maximum Gasteiger partial charge on any atom is 0.0483 e. The average Bonchev–Trinajstić information content (AvgIpc) is 2.28. The van der Waals surface area contributed by atoms with Gasteiger partial charge in [0.1, 0.15) is 0 Å². The number of hydrogen-bond acceptors (Lipinski definition) is 2. The Morgan fingerprint density at radius 3 is 2.40 bits per heavy atom. The lowest BCUT2D eigenvalue weighted by molar-refractivity contribution is 0.164. The summed E-state index contributed by atoms with van der Waals surface area (Å²) < 4.78 is 5.13. The Morgan fingerprint density at radius 1 is 1.20 bits per heavy atom. The zero-order valence-corrected chi connectivity index (χ0v) is 9.70. The Bertz CT molecular complexity index is 273. The van der Waals surface area contributed by atoms with Gasteiger partial charge >= 0.3 is 0 Å². The largest absolute Gasteiger partial charge is 0.385 e. The number of rotatable bonds is 6. The van der Waals surface area contributed by atoms with E-state index in [-0.39, 0.29) is 5.54 Å². The van der Waals surface area contributed by atoms with Crippen LogP contribution in [0.4, 0.5) is 0 Å². The summed E-state index contributed by atoms with van der Waals surface area (Å²) in [6.45, 7) is 2.88. The van der Waals surface area contributed by atoms with E-state index in [1.165, 1.54) is 5.56 Å². The van der Waals surface area contributed by atoms with Crippen LogP contribution in [-0.4, -0.2) is 13.7 Å². The maximum absolute atomic E-state index is 6.44. The average molecular weight is 207 g/mol. The smallest absolute Gasteiger partial charge is 0.0483 e. The minimum Gasteiger partial charge on any atom is -0.385 e. The van der Waals surface area contributed by atoms with Crippen molar-refractivity contribution >= 4 is 0 Å². The molecule has 0 saturated heterocycles. The van der Waals surface area contributed by atoms with E-state index in [2.05, 4.69) is 19.1 Å². The van der Waals surface area contributed by atoms with Gasteiger partial charge in [0.25, 0.3) is 0 Å². The molecule has 0 aliphatic carbocycles. The molecule has 1 rings (SSSR count). The molecule has 0 saturated carbocycles. The highest BCUT2D eigenvalue weighted by molar-refractivity contribution is 5.23. The number of benzene rings is 1. The van der Waals surface area contributed by atoms with Gasteiger partial charge in [-0.15, -0.1) is 0 Å². The van der Waals surface area contributed by atoms with Gasteiger partial charge < -0.3 is 10.5 Å². The van der Waals surface area contributed by atoms with Gasteiger partial charge in [-0.25, -0.2) is 0 Å². The van der Waals surface area contributed by atoms with E-state index in [1.54, 1.807) is 7.11 Å². The number of nitrogens with two attached hydrogens (primary N) is 1. The normalized spacial score (nSPS) is 14.9. The molecule has 15 heavy (non-hydrogen) atoms. The molecule has 2 N–H and O–H groups in total. The van der Waals surface area contributed by atoms with Crippen molar-refractivity contribution in [2.24, 2.45) is 5.73 Å². The van der Waals surface area contributed by atoms with Crippen LogP contribution in [0.1, 0.15) is 31.7 Å². The van der Waals surface area contributed by atoms with Crippen molar-refractivity contribution in [3.05, 3.63) is 35.9 Å². The second-order valence-electron chi connectivity index (χ2n) is 4.01. The third-order valence-corrected chi connectivity index (χ3v) is 2.80. The third-order valence-electron chi connectivity index (χ3n) is 2.80. The Kier molecular flexibility index (Phi) is 4.79. The maximum atomic E-state index is 6.44. The molecule has 0 aliphatic rings. The summed E-state index contributed by atoms with van der Waals surface area (Å²) in [4.78, 5) is 0. The molecule has 1 aromatic rings. The van der Waals surface area contributed by atoms with Crippen LogP contribution >= 0.6 is 0 Å². The summed E-state index contributed by atoms with van der Waals surface area (Å²) >= 11 is 0. The molecule has 2 nitrogen and oxygen atoms in total. The molecular weight excluding hydrogens is 186 g/mol. The van der Waals surface area contributed by atoms with Crippen LogP contribution in [-0.2, 0) is 10.3 Å². The molecule has 84 valence electrons. The molecule has 0 radical (unpaired) electrons. The van der Waals surface area contributed by atoms with Crippen molar-refractivity contribution in [2.75, 3.05) is 13.7 Å². The summed E-state index contributed by atoms with van der Waals surface area (Å²) in [7, 11) is 1.72. The van der Waals surface area contributed by atoms with E-state index in [4.69, 9.17) is 10.5 Å². The molecule has 0 bridgehead atoms. The van der Waals surface area contributed by atoms with Crippen molar-refractivity contribution in [2.45, 2.75) is 31.7 Å². The molecule has 0 fully saturated rings. The van der Waals surface area contributed by atoms with Gasteiger partial charge in [-0.05, 0) is 18.4 Å². The molecule has 2 heteroatoms. The first kappa shape index (κ1) is 12.2. The molecule has 1 aromatic carbocycles. The van der Waals surface area contributed by atoms with Crippen molar-refractivity contribution in [1.29, 1.82) is 0 Å². The highest BCUT2D eigenvalue weighted by Crippen LogP contribution is 2.27. The predicted molar refractivity (Wildman–Crippen MR) is 63.7 cm³/mol. The quantitative estimate of drug-likeness (QED) is 0.778. The summed E-state index contributed by atoms with van der Waals surface area (Å²) in [5, 5.41) is 0. The van der Waals surface area contributed by atoms with Crippen LogP contribution in [0, 0.1) is 0 Å². The lowest BCUT2D eigenvalue weighted by Crippen LogP contribution is -2.37. The fourth-order valence-electron chi connectivity index (χ4n) is 1.91. The van der Waals surface area contributed by atoms with Crippen molar-refractivity contribution < 1.29 is 4.74 Å². The minimum absolute atomic E-state index is 0.230. The topological polar surface area (TPSA) is 35.2 Å². The molecule has 1 unspecified atom stereocenters. The van der Waals surface area contributed by atoms with Crippen molar-refractivity contribution in [3.8, 4) is 0 Å². The molecular formula is C13H21NO. The van der Waals surface area contributed by atoms with Crippen LogP contribution in [0.3, 0.4) is 0 Å². The zero-order valence-electron chi connectivity index (χ0n) is 9.70. The lowest BCUT2D eigenvalue weighted by Gasteiger charge is -2.29. The first-order valence-corrected chi connectivity index (χ1v) is 5.56. The van der Waals surface area contributed by atoms with Gasteiger partial charge in [-0.1, -0.05) is 43.7 Å². The van der Waals surface area contributed by atoms with E-state index < -0.39 is 0 Å². The van der Waals surface area contributed by atoms with Gasteiger partial charge in [-0.2, -0.15) is 0 Å². The SMILES string of the molecule is CCCC(N)(CCOC)c1ccccc1. The lowest BCUT2D eigenvalue weighted by atomic mass is 9.84. The Labute approximate surface area is 92.4 Å². The predicted octanol–water partition coefficient (Wildman–Crippen LogP) is 2.68. The van der Waals surface area contributed by atoms with E-state index in [1.807, 2.05) is 18.2 Å². The molecule has 1 atom stereocenters. The fourth-order valence-corrected chi connectivity index (χ4v) is 1.91. The van der Waals surface area contributed by atoms with Crippen molar-refractivity contribution in [1.82, 2.24) is 0 Å². The van der Waals surface area contributed by atoms with Gasteiger partial charge in [0.15, 0.2) is 0 Å². The number of ether oxygens (including phenoxy) is 1.